The Bertz CT molecular complexity index is 973. The molecule has 0 saturated carbocycles. The molecule has 0 spiro atoms. The minimum atomic E-state index is -0.269. The summed E-state index contributed by atoms with van der Waals surface area (Å²) in [6, 6.07) is 21.9. The lowest BCUT2D eigenvalue weighted by Gasteiger charge is -2.12. The number of hydrazone groups is 1. The standard InChI is InChI=1S/C23H21ClN2O3/c1-2-28-22-14-18(15-25-26-23(27)19-6-4-3-5-7-19)10-13-21(22)29-16-17-8-11-20(24)12-9-17/h3-15H,2,16H2,1H3,(H,26,27). The number of benzene rings is 3. The second-order valence-corrected chi connectivity index (χ2v) is 6.56. The van der Waals surface area contributed by atoms with E-state index >= 15 is 0 Å². The first-order valence-electron chi connectivity index (χ1n) is 9.18. The van der Waals surface area contributed by atoms with Crippen molar-refractivity contribution in [3.05, 3.63) is 94.5 Å². The Hall–Kier alpha value is -3.31. The number of carbonyl (C=O) groups excluding carboxylic acids is 1. The number of carbonyl (C=O) groups is 1. The van der Waals surface area contributed by atoms with Crippen LogP contribution in [0.25, 0.3) is 0 Å². The van der Waals surface area contributed by atoms with E-state index in [1.165, 1.54) is 0 Å². The lowest BCUT2D eigenvalue weighted by molar-refractivity contribution is 0.0955. The van der Waals surface area contributed by atoms with Crippen LogP contribution < -0.4 is 14.9 Å². The van der Waals surface area contributed by atoms with Crippen LogP contribution in [0.15, 0.2) is 77.9 Å². The quantitative estimate of drug-likeness (QED) is 0.417. The summed E-state index contributed by atoms with van der Waals surface area (Å²) in [6.07, 6.45) is 1.56. The Morgan fingerprint density at radius 3 is 2.48 bits per heavy atom. The van der Waals surface area contributed by atoms with Gasteiger partial charge in [-0.15, -0.1) is 0 Å². The number of halogens is 1. The highest BCUT2D eigenvalue weighted by Crippen LogP contribution is 2.29. The monoisotopic (exact) mass is 408 g/mol. The SMILES string of the molecule is CCOc1cc(C=NNC(=O)c2ccccc2)ccc1OCc1ccc(Cl)cc1. The van der Waals surface area contributed by atoms with E-state index in [0.717, 1.165) is 11.1 Å². The highest BCUT2D eigenvalue weighted by molar-refractivity contribution is 6.30. The van der Waals surface area contributed by atoms with Crippen LogP contribution in [0.5, 0.6) is 11.5 Å². The second-order valence-electron chi connectivity index (χ2n) is 6.12. The zero-order valence-electron chi connectivity index (χ0n) is 16.0. The van der Waals surface area contributed by atoms with Crippen LogP contribution in [0.2, 0.25) is 5.02 Å². The maximum Gasteiger partial charge on any atom is 0.271 e. The summed E-state index contributed by atoms with van der Waals surface area (Å²) in [4.78, 5) is 12.0. The van der Waals surface area contributed by atoms with E-state index in [9.17, 15) is 4.79 Å². The molecule has 6 heteroatoms. The maximum absolute atomic E-state index is 12.0. The summed E-state index contributed by atoms with van der Waals surface area (Å²) in [5.41, 5.74) is 4.84. The first-order valence-corrected chi connectivity index (χ1v) is 9.56. The molecule has 0 fully saturated rings. The number of ether oxygens (including phenoxy) is 2. The minimum absolute atomic E-state index is 0.269. The van der Waals surface area contributed by atoms with Crippen LogP contribution in [-0.2, 0) is 6.61 Å². The van der Waals surface area contributed by atoms with Crippen LogP contribution in [0.1, 0.15) is 28.4 Å². The molecule has 3 aromatic carbocycles. The van der Waals surface area contributed by atoms with Crippen molar-refractivity contribution in [1.29, 1.82) is 0 Å². The molecule has 5 nitrogen and oxygen atoms in total. The Morgan fingerprint density at radius 2 is 1.76 bits per heavy atom. The molecule has 0 aliphatic carbocycles. The molecule has 0 atom stereocenters. The largest absolute Gasteiger partial charge is 0.490 e. The third-order valence-corrected chi connectivity index (χ3v) is 4.24. The Morgan fingerprint density at radius 1 is 1.00 bits per heavy atom. The molecular weight excluding hydrogens is 388 g/mol. The summed E-state index contributed by atoms with van der Waals surface area (Å²) in [5, 5.41) is 4.70. The topological polar surface area (TPSA) is 59.9 Å². The molecular formula is C23H21ClN2O3. The van der Waals surface area contributed by atoms with Gasteiger partial charge < -0.3 is 9.47 Å². The predicted octanol–water partition coefficient (Wildman–Crippen LogP) is 5.08. The van der Waals surface area contributed by atoms with Crippen molar-refractivity contribution in [3.8, 4) is 11.5 Å². The Labute approximate surface area is 174 Å². The van der Waals surface area contributed by atoms with Crippen molar-refractivity contribution in [2.45, 2.75) is 13.5 Å². The van der Waals surface area contributed by atoms with Crippen LogP contribution in [0.3, 0.4) is 0 Å². The fourth-order valence-corrected chi connectivity index (χ4v) is 2.68. The summed E-state index contributed by atoms with van der Waals surface area (Å²) >= 11 is 5.91. The van der Waals surface area contributed by atoms with Gasteiger partial charge in [0.05, 0.1) is 12.8 Å². The normalized spacial score (nSPS) is 10.7. The average molecular weight is 409 g/mol. The molecule has 0 aliphatic rings. The highest BCUT2D eigenvalue weighted by atomic mass is 35.5. The van der Waals surface area contributed by atoms with Crippen molar-refractivity contribution in [2.75, 3.05) is 6.61 Å². The van der Waals surface area contributed by atoms with Gasteiger partial charge in [0.1, 0.15) is 6.61 Å². The fourth-order valence-electron chi connectivity index (χ4n) is 2.55. The van der Waals surface area contributed by atoms with Gasteiger partial charge in [0.25, 0.3) is 5.91 Å². The van der Waals surface area contributed by atoms with Crippen molar-refractivity contribution < 1.29 is 14.3 Å². The van der Waals surface area contributed by atoms with Crippen LogP contribution in [0, 0.1) is 0 Å². The van der Waals surface area contributed by atoms with E-state index in [4.69, 9.17) is 21.1 Å². The van der Waals surface area contributed by atoms with Crippen molar-refractivity contribution in [2.24, 2.45) is 5.10 Å². The molecule has 1 amide bonds. The van der Waals surface area contributed by atoms with Gasteiger partial charge in [-0.1, -0.05) is 41.9 Å². The first-order chi connectivity index (χ1) is 14.2. The summed E-state index contributed by atoms with van der Waals surface area (Å²) < 4.78 is 11.6. The molecule has 148 valence electrons. The van der Waals surface area contributed by atoms with Gasteiger partial charge >= 0.3 is 0 Å². The number of nitrogens with one attached hydrogen (secondary N) is 1. The van der Waals surface area contributed by atoms with E-state index in [2.05, 4.69) is 10.5 Å². The second kappa shape index (κ2) is 10.3. The van der Waals surface area contributed by atoms with Crippen LogP contribution in [0.4, 0.5) is 0 Å². The van der Waals surface area contributed by atoms with Gasteiger partial charge in [0, 0.05) is 10.6 Å². The van der Waals surface area contributed by atoms with Gasteiger partial charge in [0.2, 0.25) is 0 Å². The number of amides is 1. The Kier molecular flexibility index (Phi) is 7.25. The summed E-state index contributed by atoms with van der Waals surface area (Å²) in [5.74, 6) is 0.974. The first kappa shape index (κ1) is 20.4. The number of rotatable bonds is 8. The molecule has 1 N–H and O–H groups in total. The highest BCUT2D eigenvalue weighted by Gasteiger charge is 2.07. The lowest BCUT2D eigenvalue weighted by atomic mass is 10.2. The lowest BCUT2D eigenvalue weighted by Crippen LogP contribution is -2.17. The molecule has 3 aromatic rings. The molecule has 0 bridgehead atoms. The molecule has 0 unspecified atom stereocenters. The van der Waals surface area contributed by atoms with Crippen LogP contribution >= 0.6 is 11.6 Å². The van der Waals surface area contributed by atoms with Crippen LogP contribution in [-0.4, -0.2) is 18.7 Å². The van der Waals surface area contributed by atoms with Gasteiger partial charge in [-0.2, -0.15) is 5.10 Å². The van der Waals surface area contributed by atoms with E-state index in [-0.39, 0.29) is 5.91 Å². The minimum Gasteiger partial charge on any atom is -0.490 e. The fraction of sp³-hybridized carbons (Fsp3) is 0.130. The van der Waals surface area contributed by atoms with Gasteiger partial charge in [-0.05, 0) is 60.5 Å². The smallest absolute Gasteiger partial charge is 0.271 e. The van der Waals surface area contributed by atoms with Crippen molar-refractivity contribution in [1.82, 2.24) is 5.43 Å². The molecule has 0 aromatic heterocycles. The zero-order chi connectivity index (χ0) is 20.5. The molecule has 29 heavy (non-hydrogen) atoms. The third kappa shape index (κ3) is 6.09. The molecule has 3 rings (SSSR count). The average Bonchev–Trinajstić information content (AvgIpc) is 2.75. The number of nitrogens with zero attached hydrogens (tertiary/aromatic N) is 1. The summed E-state index contributed by atoms with van der Waals surface area (Å²) in [6.45, 7) is 2.81. The number of hydrogen-bond acceptors (Lipinski definition) is 4. The predicted molar refractivity (Wildman–Crippen MR) is 115 cm³/mol. The van der Waals surface area contributed by atoms with Crippen molar-refractivity contribution in [3.63, 3.8) is 0 Å². The third-order valence-electron chi connectivity index (χ3n) is 3.99. The zero-order valence-corrected chi connectivity index (χ0v) is 16.7. The Balaban J connectivity index is 1.65. The molecule has 0 radical (unpaired) electrons. The maximum atomic E-state index is 12.0. The van der Waals surface area contributed by atoms with Gasteiger partial charge in [-0.3, -0.25) is 4.79 Å². The van der Waals surface area contributed by atoms with E-state index in [1.54, 1.807) is 30.5 Å². The van der Waals surface area contributed by atoms with E-state index in [1.807, 2.05) is 55.5 Å². The van der Waals surface area contributed by atoms with Gasteiger partial charge in [0.15, 0.2) is 11.5 Å². The molecule has 0 saturated heterocycles. The molecule has 0 heterocycles. The van der Waals surface area contributed by atoms with Crippen molar-refractivity contribution >= 4 is 23.7 Å². The van der Waals surface area contributed by atoms with E-state index < -0.39 is 0 Å². The molecule has 0 aliphatic heterocycles. The summed E-state index contributed by atoms with van der Waals surface area (Å²) in [7, 11) is 0. The number of hydrogen-bond donors (Lipinski definition) is 1. The van der Waals surface area contributed by atoms with Gasteiger partial charge in [-0.25, -0.2) is 5.43 Å². The van der Waals surface area contributed by atoms with E-state index in [0.29, 0.717) is 35.3 Å².